The number of carbonyl (C=O) groups is 4. The van der Waals surface area contributed by atoms with E-state index in [1.165, 1.54) is 11.3 Å². The number of para-hydroxylation sites is 2. The van der Waals surface area contributed by atoms with Crippen molar-refractivity contribution < 1.29 is 19.2 Å². The average Bonchev–Trinajstić information content (AvgIpc) is 3.29. The Kier molecular flexibility index (Phi) is 13.7. The van der Waals surface area contributed by atoms with Crippen LogP contribution in [0.15, 0.2) is 63.1 Å². The standard InChI is InChI=1S/C42H48ClN9O6S/c1-24-25(2)59-42-36(24)37(27-16-18-28(43)19-17-27)48-29(38(45)51(42)26(3)44)22-34(54)46-20-9-5-4-6-10-21-47-35(55)23-50-30-12-7-8-13-31(30)52(41(58)40(50)57)32-14-11-15-33(53)49-39(32)56/h7-8,12-13,16-19,29,32,44-45H,4-6,9-11,14-15,20-23H2,1-3H3,(H,46,54)(H,47,55)(H,49,53,56). The summed E-state index contributed by atoms with van der Waals surface area (Å²) in [5.74, 6) is -1.49. The van der Waals surface area contributed by atoms with Crippen LogP contribution in [0, 0.1) is 24.7 Å². The number of hydrogen-bond donors (Lipinski definition) is 5. The normalized spacial score (nSPS) is 16.8. The van der Waals surface area contributed by atoms with Crippen molar-refractivity contribution >= 4 is 80.0 Å². The molecule has 1 saturated heterocycles. The van der Waals surface area contributed by atoms with Crippen LogP contribution in [-0.4, -0.2) is 69.3 Å². The number of rotatable bonds is 14. The summed E-state index contributed by atoms with van der Waals surface area (Å²) in [7, 11) is 0. The molecule has 0 spiro atoms. The molecule has 4 amide bonds. The largest absolute Gasteiger partial charge is 0.356 e. The number of amides is 4. The van der Waals surface area contributed by atoms with E-state index in [0.717, 1.165) is 61.4 Å². The summed E-state index contributed by atoms with van der Waals surface area (Å²) in [4.78, 5) is 85.0. The number of nitrogens with one attached hydrogen (secondary N) is 5. The predicted octanol–water partition coefficient (Wildman–Crippen LogP) is 5.14. The zero-order valence-electron chi connectivity index (χ0n) is 33.3. The molecule has 4 heterocycles. The molecule has 6 rings (SSSR count). The topological polar surface area (TPSA) is 212 Å². The molecule has 2 unspecified atom stereocenters. The number of thiophene rings is 1. The quantitative estimate of drug-likeness (QED) is 0.0379. The van der Waals surface area contributed by atoms with Gasteiger partial charge in [-0.1, -0.05) is 55.1 Å². The van der Waals surface area contributed by atoms with Crippen LogP contribution < -0.4 is 32.0 Å². The van der Waals surface area contributed by atoms with Crippen LogP contribution in [0.25, 0.3) is 11.0 Å². The van der Waals surface area contributed by atoms with Crippen molar-refractivity contribution in [1.82, 2.24) is 25.1 Å². The number of fused-ring (bicyclic) bond motifs is 2. The van der Waals surface area contributed by atoms with Gasteiger partial charge in [-0.05, 0) is 76.3 Å². The van der Waals surface area contributed by atoms with E-state index in [1.54, 1.807) is 48.2 Å². The average molecular weight is 842 g/mol. The Bertz CT molecular complexity index is 2470. The first-order chi connectivity index (χ1) is 28.3. The number of halogens is 1. The van der Waals surface area contributed by atoms with Gasteiger partial charge < -0.3 is 10.6 Å². The molecule has 310 valence electrons. The zero-order valence-corrected chi connectivity index (χ0v) is 34.9. The van der Waals surface area contributed by atoms with Crippen LogP contribution in [0.5, 0.6) is 0 Å². The Morgan fingerprint density at radius 1 is 0.915 bits per heavy atom. The Balaban J connectivity index is 0.971. The van der Waals surface area contributed by atoms with Crippen molar-refractivity contribution in [2.45, 2.75) is 97.2 Å². The maximum absolute atomic E-state index is 13.3. The van der Waals surface area contributed by atoms with E-state index in [-0.39, 0.29) is 43.4 Å². The molecule has 15 nitrogen and oxygen atoms in total. The Morgan fingerprint density at radius 2 is 1.56 bits per heavy atom. The Labute approximate surface area is 349 Å². The number of aliphatic imine (C=N–C) groups is 1. The summed E-state index contributed by atoms with van der Waals surface area (Å²) in [5.41, 5.74) is 2.13. The second-order valence-electron chi connectivity index (χ2n) is 14.8. The van der Waals surface area contributed by atoms with Crippen LogP contribution in [-0.2, 0) is 25.7 Å². The third-order valence-electron chi connectivity index (χ3n) is 10.6. The molecule has 2 atom stereocenters. The molecule has 1 fully saturated rings. The minimum atomic E-state index is -1.02. The Morgan fingerprint density at radius 3 is 2.24 bits per heavy atom. The maximum atomic E-state index is 13.3. The van der Waals surface area contributed by atoms with Gasteiger partial charge >= 0.3 is 11.1 Å². The lowest BCUT2D eigenvalue weighted by molar-refractivity contribution is -0.131. The molecule has 5 N–H and O–H groups in total. The van der Waals surface area contributed by atoms with E-state index in [4.69, 9.17) is 27.4 Å². The van der Waals surface area contributed by atoms with Gasteiger partial charge in [-0.15, -0.1) is 11.3 Å². The molecule has 2 aromatic heterocycles. The molecular weight excluding hydrogens is 794 g/mol. The highest BCUT2D eigenvalue weighted by Crippen LogP contribution is 2.40. The summed E-state index contributed by atoms with van der Waals surface area (Å²) in [5, 5.41) is 27.0. The van der Waals surface area contributed by atoms with Crippen LogP contribution >= 0.6 is 22.9 Å². The molecule has 17 heteroatoms. The molecular formula is C42H48ClN9O6S. The van der Waals surface area contributed by atoms with E-state index >= 15 is 0 Å². The molecule has 2 aliphatic heterocycles. The fourth-order valence-corrected chi connectivity index (χ4v) is 8.84. The first kappa shape index (κ1) is 42.9. The number of benzene rings is 2. The Hall–Kier alpha value is -5.74. The van der Waals surface area contributed by atoms with Gasteiger partial charge in [-0.2, -0.15) is 0 Å². The number of anilines is 1. The number of unbranched alkanes of at least 4 members (excludes halogenated alkanes) is 4. The molecule has 59 heavy (non-hydrogen) atoms. The van der Waals surface area contributed by atoms with Gasteiger partial charge in [0.25, 0.3) is 0 Å². The van der Waals surface area contributed by atoms with Crippen LogP contribution in [0.3, 0.4) is 0 Å². The van der Waals surface area contributed by atoms with Gasteiger partial charge in [-0.3, -0.25) is 63.9 Å². The van der Waals surface area contributed by atoms with Crippen molar-refractivity contribution in [2.24, 2.45) is 4.99 Å². The third-order valence-corrected chi connectivity index (χ3v) is 12.1. The minimum Gasteiger partial charge on any atom is -0.356 e. The number of aromatic nitrogens is 2. The molecule has 2 aliphatic rings. The van der Waals surface area contributed by atoms with Gasteiger partial charge in [0.05, 0.1) is 23.2 Å². The summed E-state index contributed by atoms with van der Waals surface area (Å²) in [6.45, 7) is 6.10. The van der Waals surface area contributed by atoms with Gasteiger partial charge in [0.1, 0.15) is 35.3 Å². The van der Waals surface area contributed by atoms with Crippen LogP contribution in [0.4, 0.5) is 5.00 Å². The number of imide groups is 1. The van der Waals surface area contributed by atoms with Crippen molar-refractivity contribution in [1.29, 1.82) is 10.8 Å². The number of carbonyl (C=O) groups excluding carboxylic acids is 4. The zero-order chi connectivity index (χ0) is 42.4. The highest BCUT2D eigenvalue weighted by Gasteiger charge is 2.35. The van der Waals surface area contributed by atoms with Crippen LogP contribution in [0.1, 0.15) is 92.3 Å². The van der Waals surface area contributed by atoms with Gasteiger partial charge in [0.2, 0.25) is 23.6 Å². The second kappa shape index (κ2) is 18.9. The summed E-state index contributed by atoms with van der Waals surface area (Å²) in [6, 6.07) is 12.1. The third kappa shape index (κ3) is 9.60. The lowest BCUT2D eigenvalue weighted by Gasteiger charge is -2.24. The monoisotopic (exact) mass is 841 g/mol. The summed E-state index contributed by atoms with van der Waals surface area (Å²) < 4.78 is 2.25. The fourth-order valence-electron chi connectivity index (χ4n) is 7.49. The first-order valence-electron chi connectivity index (χ1n) is 19.8. The van der Waals surface area contributed by atoms with Gasteiger partial charge in [-0.25, -0.2) is 0 Å². The summed E-state index contributed by atoms with van der Waals surface area (Å²) in [6.07, 6.45) is 4.66. The molecule has 4 aromatic rings. The number of amidine groups is 2. The number of nitrogens with zero attached hydrogens (tertiary/aromatic N) is 4. The predicted molar refractivity (Wildman–Crippen MR) is 231 cm³/mol. The lowest BCUT2D eigenvalue weighted by Crippen LogP contribution is -2.47. The van der Waals surface area contributed by atoms with Gasteiger partial charge in [0.15, 0.2) is 0 Å². The van der Waals surface area contributed by atoms with Crippen LogP contribution in [0.2, 0.25) is 5.02 Å². The number of aryl methyl sites for hydroxylation is 1. The van der Waals surface area contributed by atoms with Crippen molar-refractivity contribution in [3.63, 3.8) is 0 Å². The van der Waals surface area contributed by atoms with Crippen molar-refractivity contribution in [3.05, 3.63) is 95.8 Å². The SMILES string of the molecule is CC(=N)N1C(=N)C(CC(=O)NCCCCCCCNC(=O)Cn2c(=O)c(=O)n(C3CCCC(=O)NC3=O)c3ccccc32)N=C(c2ccc(Cl)cc2)c2c1sc(C)c2C. The van der Waals surface area contributed by atoms with Crippen molar-refractivity contribution in [2.75, 3.05) is 18.0 Å². The maximum Gasteiger partial charge on any atom is 0.317 e. The number of hydrogen-bond acceptors (Lipinski definition) is 10. The van der Waals surface area contributed by atoms with E-state index in [9.17, 15) is 28.8 Å². The lowest BCUT2D eigenvalue weighted by atomic mass is 9.99. The first-order valence-corrected chi connectivity index (χ1v) is 20.9. The van der Waals surface area contributed by atoms with E-state index < -0.39 is 40.9 Å². The summed E-state index contributed by atoms with van der Waals surface area (Å²) >= 11 is 7.69. The molecule has 0 bridgehead atoms. The van der Waals surface area contributed by atoms with E-state index in [0.29, 0.717) is 47.7 Å². The van der Waals surface area contributed by atoms with E-state index in [1.807, 2.05) is 26.0 Å². The minimum absolute atomic E-state index is 0.0484. The smallest absolute Gasteiger partial charge is 0.317 e. The molecule has 0 saturated carbocycles. The second-order valence-corrected chi connectivity index (χ2v) is 16.5. The van der Waals surface area contributed by atoms with Crippen molar-refractivity contribution in [3.8, 4) is 0 Å². The van der Waals surface area contributed by atoms with E-state index in [2.05, 4.69) is 16.0 Å². The molecule has 2 aromatic carbocycles. The highest BCUT2D eigenvalue weighted by atomic mass is 35.5. The molecule has 0 aliphatic carbocycles. The fraction of sp³-hybridized carbons (Fsp3) is 0.405. The highest BCUT2D eigenvalue weighted by molar-refractivity contribution is 7.17. The molecule has 0 radical (unpaired) electrons. The van der Waals surface area contributed by atoms with Gasteiger partial charge in [0, 0.05) is 40.5 Å².